The molecule has 0 aliphatic rings. The highest BCUT2D eigenvalue weighted by Crippen LogP contribution is 2.15. The quantitative estimate of drug-likeness (QED) is 0.539. The van der Waals surface area contributed by atoms with E-state index in [9.17, 15) is 5.21 Å². The third-order valence-electron chi connectivity index (χ3n) is 1.74. The molecule has 0 aliphatic heterocycles. The number of hydrogen-bond acceptors (Lipinski definition) is 1. The van der Waals surface area contributed by atoms with E-state index in [0.717, 1.165) is 20.1 Å². The summed E-state index contributed by atoms with van der Waals surface area (Å²) in [6.07, 6.45) is 1.61. The number of rotatable bonds is 0. The van der Waals surface area contributed by atoms with Gasteiger partial charge < -0.3 is 0 Å². The minimum Gasteiger partial charge on any atom is -0.285 e. The summed E-state index contributed by atoms with van der Waals surface area (Å²) in [6.45, 7) is 0. The Bertz CT molecular complexity index is 428. The van der Waals surface area contributed by atoms with E-state index in [0.29, 0.717) is 0 Å². The fraction of sp³-hybridized carbons (Fsp3) is 0. The highest BCUT2D eigenvalue weighted by Gasteiger charge is 2.05. The normalized spacial score (nSPS) is 10.4. The zero-order valence-corrected chi connectivity index (χ0v) is 7.82. The molecular weight excluding hydrogens is 218 g/mol. The summed E-state index contributed by atoms with van der Waals surface area (Å²) in [5.41, 5.74) is 0.806. The molecule has 2 nitrogen and oxygen atoms in total. The van der Waals surface area contributed by atoms with E-state index in [-0.39, 0.29) is 0 Å². The molecule has 0 amide bonds. The number of hydrogen-bond donors (Lipinski definition) is 1. The van der Waals surface area contributed by atoms with E-state index >= 15 is 0 Å². The molecule has 0 fully saturated rings. The minimum absolute atomic E-state index is 0.806. The molecule has 1 aromatic carbocycles. The van der Waals surface area contributed by atoms with Crippen LogP contribution in [-0.2, 0) is 0 Å². The van der Waals surface area contributed by atoms with E-state index < -0.39 is 0 Å². The molecule has 2 aromatic rings. The van der Waals surface area contributed by atoms with Gasteiger partial charge in [-0.15, -0.1) is 0 Å². The van der Waals surface area contributed by atoms with E-state index in [1.165, 1.54) is 0 Å². The van der Waals surface area contributed by atoms with Crippen LogP contribution in [0.3, 0.4) is 0 Å². The molecule has 1 aromatic heterocycles. The number of aromatic nitrogens is 1. The molecule has 1 N–H and O–H groups in total. The first-order chi connectivity index (χ1) is 5.77. The van der Waals surface area contributed by atoms with Crippen LogP contribution in [0.5, 0.6) is 0 Å². The molecular formula is C9H7BrNO+. The van der Waals surface area contributed by atoms with E-state index in [1.54, 1.807) is 12.3 Å². The van der Waals surface area contributed by atoms with Crippen LogP contribution >= 0.6 is 15.9 Å². The van der Waals surface area contributed by atoms with Crippen LogP contribution in [0.4, 0.5) is 0 Å². The second-order valence-corrected chi connectivity index (χ2v) is 3.47. The predicted molar refractivity (Wildman–Crippen MR) is 49.0 cm³/mol. The topological polar surface area (TPSA) is 24.1 Å². The summed E-state index contributed by atoms with van der Waals surface area (Å²) in [7, 11) is 0. The fourth-order valence-electron chi connectivity index (χ4n) is 1.18. The summed E-state index contributed by atoms with van der Waals surface area (Å²) in [6, 6.07) is 9.47. The van der Waals surface area contributed by atoms with Gasteiger partial charge in [0, 0.05) is 21.3 Å². The zero-order chi connectivity index (χ0) is 8.55. The van der Waals surface area contributed by atoms with Gasteiger partial charge in [0.1, 0.15) is 0 Å². The summed E-state index contributed by atoms with van der Waals surface area (Å²) < 4.78 is 2.13. The minimum atomic E-state index is 0.806. The van der Waals surface area contributed by atoms with Crippen LogP contribution in [0.2, 0.25) is 0 Å². The monoisotopic (exact) mass is 224 g/mol. The maximum atomic E-state index is 9.36. The maximum absolute atomic E-state index is 9.36. The smallest absolute Gasteiger partial charge is 0.264 e. The van der Waals surface area contributed by atoms with Gasteiger partial charge in [0.05, 0.1) is 5.39 Å². The number of benzene rings is 1. The summed E-state index contributed by atoms with van der Waals surface area (Å²) in [4.78, 5) is 0. The first-order valence-electron chi connectivity index (χ1n) is 3.56. The van der Waals surface area contributed by atoms with E-state index in [2.05, 4.69) is 15.9 Å². The molecule has 0 spiro atoms. The summed E-state index contributed by atoms with van der Waals surface area (Å²) >= 11 is 3.37. The van der Waals surface area contributed by atoms with Gasteiger partial charge in [-0.1, -0.05) is 15.9 Å². The van der Waals surface area contributed by atoms with Crippen molar-refractivity contribution in [2.45, 2.75) is 0 Å². The Morgan fingerprint density at radius 2 is 2.08 bits per heavy atom. The Kier molecular flexibility index (Phi) is 1.73. The second-order valence-electron chi connectivity index (χ2n) is 2.56. The van der Waals surface area contributed by atoms with Gasteiger partial charge in [-0.05, 0) is 18.2 Å². The molecule has 3 heteroatoms. The molecule has 0 saturated heterocycles. The third-order valence-corrected chi connectivity index (χ3v) is 2.23. The molecule has 0 saturated carbocycles. The highest BCUT2D eigenvalue weighted by atomic mass is 79.9. The summed E-state index contributed by atoms with van der Waals surface area (Å²) in [5, 5.41) is 10.4. The van der Waals surface area contributed by atoms with Gasteiger partial charge in [0.15, 0.2) is 0 Å². The molecule has 0 bridgehead atoms. The Morgan fingerprint density at radius 1 is 1.25 bits per heavy atom. The van der Waals surface area contributed by atoms with Crippen molar-refractivity contribution in [2.75, 3.05) is 0 Å². The molecule has 0 atom stereocenters. The molecule has 60 valence electrons. The van der Waals surface area contributed by atoms with Gasteiger partial charge in [-0.3, -0.25) is 5.21 Å². The van der Waals surface area contributed by atoms with Crippen molar-refractivity contribution in [1.82, 2.24) is 0 Å². The Morgan fingerprint density at radius 3 is 2.92 bits per heavy atom. The lowest BCUT2D eigenvalue weighted by Gasteiger charge is -1.93. The van der Waals surface area contributed by atoms with Crippen molar-refractivity contribution in [2.24, 2.45) is 0 Å². The lowest BCUT2D eigenvalue weighted by Crippen LogP contribution is -2.29. The fourth-order valence-corrected chi connectivity index (χ4v) is 1.55. The van der Waals surface area contributed by atoms with Crippen molar-refractivity contribution >= 4 is 26.8 Å². The van der Waals surface area contributed by atoms with Crippen molar-refractivity contribution in [3.8, 4) is 0 Å². The molecule has 12 heavy (non-hydrogen) atoms. The number of fused-ring (bicyclic) bond motifs is 1. The van der Waals surface area contributed by atoms with E-state index in [4.69, 9.17) is 0 Å². The number of pyridine rings is 1. The highest BCUT2D eigenvalue weighted by molar-refractivity contribution is 9.10. The van der Waals surface area contributed by atoms with Gasteiger partial charge in [-0.2, -0.15) is 0 Å². The average Bonchev–Trinajstić information content (AvgIpc) is 2.04. The lowest BCUT2D eigenvalue weighted by atomic mass is 10.2. The third kappa shape index (κ3) is 1.16. The summed E-state index contributed by atoms with van der Waals surface area (Å²) in [5.74, 6) is 0. The number of nitrogens with zero attached hydrogens (tertiary/aromatic N) is 1. The van der Waals surface area contributed by atoms with Crippen molar-refractivity contribution < 1.29 is 9.94 Å². The van der Waals surface area contributed by atoms with Crippen LogP contribution in [0.15, 0.2) is 41.0 Å². The zero-order valence-electron chi connectivity index (χ0n) is 6.24. The predicted octanol–water partition coefficient (Wildman–Crippen LogP) is 2.13. The van der Waals surface area contributed by atoms with Crippen molar-refractivity contribution in [3.05, 3.63) is 41.0 Å². The Labute approximate surface area is 78.2 Å². The Balaban J connectivity index is 2.86. The molecule has 0 aliphatic carbocycles. The molecule has 0 radical (unpaired) electrons. The Hall–Kier alpha value is -1.09. The maximum Gasteiger partial charge on any atom is 0.264 e. The standard InChI is InChI=1S/C9H7BrNO/c10-8-3-4-9-7(6-8)2-1-5-11(9)12/h1-6,12H/q+1. The van der Waals surface area contributed by atoms with Gasteiger partial charge in [-0.25, -0.2) is 0 Å². The van der Waals surface area contributed by atoms with Crippen molar-refractivity contribution in [1.29, 1.82) is 0 Å². The second kappa shape index (κ2) is 2.75. The average molecular weight is 225 g/mol. The first kappa shape index (κ1) is 7.55. The van der Waals surface area contributed by atoms with Crippen molar-refractivity contribution in [3.63, 3.8) is 0 Å². The van der Waals surface area contributed by atoms with Crippen LogP contribution in [0, 0.1) is 0 Å². The number of halogens is 1. The lowest BCUT2D eigenvalue weighted by molar-refractivity contribution is -0.884. The molecule has 2 rings (SSSR count). The molecule has 0 unspecified atom stereocenters. The van der Waals surface area contributed by atoms with Gasteiger partial charge in [0.2, 0.25) is 6.20 Å². The van der Waals surface area contributed by atoms with Crippen LogP contribution in [-0.4, -0.2) is 5.21 Å². The van der Waals surface area contributed by atoms with E-state index in [1.807, 2.05) is 24.3 Å². The van der Waals surface area contributed by atoms with Gasteiger partial charge in [0.25, 0.3) is 5.52 Å². The largest absolute Gasteiger partial charge is 0.285 e. The van der Waals surface area contributed by atoms with Crippen LogP contribution < -0.4 is 4.73 Å². The molecule has 1 heterocycles. The van der Waals surface area contributed by atoms with Gasteiger partial charge >= 0.3 is 0 Å². The van der Waals surface area contributed by atoms with Crippen LogP contribution in [0.1, 0.15) is 0 Å². The van der Waals surface area contributed by atoms with Crippen LogP contribution in [0.25, 0.3) is 10.9 Å². The SMILES string of the molecule is O[n+]1cccc2cc(Br)ccc21. The first-order valence-corrected chi connectivity index (χ1v) is 4.36.